The van der Waals surface area contributed by atoms with Crippen molar-refractivity contribution in [3.8, 4) is 35.6 Å². The SMILES string of the molecule is C#Cc1nc(C(N)=O)n(-c2ccc(Cl)nc2)c1C.Cc1c(C#Cc2nc(C(N)=O)n(-c3ccc(Cl)nc3)c2C)ccnc1Cl. The van der Waals surface area contributed by atoms with Crippen molar-refractivity contribution in [1.82, 2.24) is 34.1 Å². The molecule has 4 N–H and O–H groups in total. The summed E-state index contributed by atoms with van der Waals surface area (Å²) in [5.41, 5.74) is 15.6. The average molecular weight is 647 g/mol. The zero-order valence-corrected chi connectivity index (χ0v) is 25.7. The molecule has 0 aromatic carbocycles. The van der Waals surface area contributed by atoms with Crippen LogP contribution in [-0.2, 0) is 0 Å². The summed E-state index contributed by atoms with van der Waals surface area (Å²) < 4.78 is 3.16. The molecule has 0 spiro atoms. The van der Waals surface area contributed by atoms with Crippen LogP contribution in [0.25, 0.3) is 11.4 Å². The zero-order valence-electron chi connectivity index (χ0n) is 23.4. The Balaban J connectivity index is 0.000000215. The molecule has 14 heteroatoms. The topological polar surface area (TPSA) is 160 Å². The average Bonchev–Trinajstić information content (AvgIpc) is 3.51. The number of amides is 2. The molecule has 0 saturated heterocycles. The Hall–Kier alpha value is -5.20. The van der Waals surface area contributed by atoms with E-state index in [1.807, 2.05) is 6.92 Å². The van der Waals surface area contributed by atoms with Gasteiger partial charge in [0.2, 0.25) is 11.6 Å². The van der Waals surface area contributed by atoms with Crippen LogP contribution in [0.2, 0.25) is 15.5 Å². The lowest BCUT2D eigenvalue weighted by Gasteiger charge is -2.07. The van der Waals surface area contributed by atoms with Gasteiger partial charge in [0.15, 0.2) is 0 Å². The molecule has 5 heterocycles. The number of pyridine rings is 3. The van der Waals surface area contributed by atoms with E-state index in [-0.39, 0.29) is 11.6 Å². The number of nitrogens with zero attached hydrogens (tertiary/aromatic N) is 7. The second kappa shape index (κ2) is 13.4. The Labute approximate surface area is 267 Å². The maximum absolute atomic E-state index is 11.8. The minimum absolute atomic E-state index is 0.0698. The lowest BCUT2D eigenvalue weighted by atomic mass is 10.1. The molecule has 11 nitrogen and oxygen atoms in total. The molecule has 0 aliphatic heterocycles. The fourth-order valence-corrected chi connectivity index (χ4v) is 4.38. The zero-order chi connectivity index (χ0) is 32.1. The molecule has 0 unspecified atom stereocenters. The van der Waals surface area contributed by atoms with Crippen LogP contribution >= 0.6 is 34.8 Å². The molecule has 0 saturated carbocycles. The van der Waals surface area contributed by atoms with E-state index in [1.165, 1.54) is 12.4 Å². The van der Waals surface area contributed by atoms with Crippen LogP contribution in [0.15, 0.2) is 48.9 Å². The highest BCUT2D eigenvalue weighted by molar-refractivity contribution is 6.30. The molecule has 0 radical (unpaired) electrons. The molecule has 220 valence electrons. The van der Waals surface area contributed by atoms with E-state index in [0.29, 0.717) is 49.6 Å². The molecule has 44 heavy (non-hydrogen) atoms. The van der Waals surface area contributed by atoms with E-state index < -0.39 is 11.8 Å². The molecule has 0 aliphatic carbocycles. The van der Waals surface area contributed by atoms with Gasteiger partial charge in [-0.05, 0) is 62.9 Å². The Morgan fingerprint density at radius 1 is 0.750 bits per heavy atom. The summed E-state index contributed by atoms with van der Waals surface area (Å²) in [5, 5.41) is 1.09. The number of hydrogen-bond donors (Lipinski definition) is 2. The molecule has 0 bridgehead atoms. The monoisotopic (exact) mass is 645 g/mol. The first-order valence-electron chi connectivity index (χ1n) is 12.5. The minimum Gasteiger partial charge on any atom is -0.363 e. The van der Waals surface area contributed by atoms with Gasteiger partial charge in [-0.25, -0.2) is 24.9 Å². The number of rotatable bonds is 4. The van der Waals surface area contributed by atoms with Crippen LogP contribution in [0.4, 0.5) is 0 Å². The summed E-state index contributed by atoms with van der Waals surface area (Å²) in [6.07, 6.45) is 9.96. The van der Waals surface area contributed by atoms with Crippen LogP contribution in [-0.4, -0.2) is 45.9 Å². The largest absolute Gasteiger partial charge is 0.363 e. The van der Waals surface area contributed by atoms with Gasteiger partial charge >= 0.3 is 0 Å². The lowest BCUT2D eigenvalue weighted by molar-refractivity contribution is 0.0980. The number of hydrogen-bond acceptors (Lipinski definition) is 7. The van der Waals surface area contributed by atoms with Crippen molar-refractivity contribution in [2.45, 2.75) is 20.8 Å². The highest BCUT2D eigenvalue weighted by Crippen LogP contribution is 2.20. The van der Waals surface area contributed by atoms with Gasteiger partial charge in [0.25, 0.3) is 11.8 Å². The number of terminal acetylenes is 1. The maximum Gasteiger partial charge on any atom is 0.285 e. The van der Waals surface area contributed by atoms with Gasteiger partial charge in [0.1, 0.15) is 26.8 Å². The summed E-state index contributed by atoms with van der Waals surface area (Å²) in [4.78, 5) is 43.5. The van der Waals surface area contributed by atoms with E-state index in [9.17, 15) is 9.59 Å². The summed E-state index contributed by atoms with van der Waals surface area (Å²) in [5.74, 6) is 7.21. The second-order valence-corrected chi connectivity index (χ2v) is 10.1. The number of halogens is 3. The standard InChI is InChI=1S/C18H13Cl2N5O.C12H9ClN4O/c1-10-12(7-8-22-16(10)20)3-5-14-11(2)25(18(24-14)17(21)26)13-4-6-15(19)23-9-13;1-3-9-7(2)17(12(16-9)11(14)18)8-4-5-10(13)15-6-8/h4,6-9H,1-2H3,(H2,21,26);1,4-6H,2H3,(H2,14,18). The summed E-state index contributed by atoms with van der Waals surface area (Å²) in [6, 6.07) is 8.42. The Morgan fingerprint density at radius 2 is 1.25 bits per heavy atom. The van der Waals surface area contributed by atoms with Crippen LogP contribution in [0.1, 0.15) is 55.1 Å². The van der Waals surface area contributed by atoms with Crippen molar-refractivity contribution in [2.75, 3.05) is 0 Å². The fraction of sp³-hybridized carbons (Fsp3) is 0.100. The van der Waals surface area contributed by atoms with Gasteiger partial charge in [-0.3, -0.25) is 18.7 Å². The highest BCUT2D eigenvalue weighted by atomic mass is 35.5. The van der Waals surface area contributed by atoms with E-state index >= 15 is 0 Å². The van der Waals surface area contributed by atoms with E-state index in [0.717, 1.165) is 11.1 Å². The number of carbonyl (C=O) groups is 2. The first-order chi connectivity index (χ1) is 20.9. The summed E-state index contributed by atoms with van der Waals surface area (Å²) in [7, 11) is 0. The summed E-state index contributed by atoms with van der Waals surface area (Å²) >= 11 is 17.6. The molecule has 0 fully saturated rings. The van der Waals surface area contributed by atoms with Gasteiger partial charge < -0.3 is 11.5 Å². The van der Waals surface area contributed by atoms with Crippen molar-refractivity contribution in [3.63, 3.8) is 0 Å². The maximum atomic E-state index is 11.8. The normalized spacial score (nSPS) is 10.2. The van der Waals surface area contributed by atoms with Gasteiger partial charge in [-0.15, -0.1) is 6.42 Å². The molecule has 5 rings (SSSR count). The summed E-state index contributed by atoms with van der Waals surface area (Å²) in [6.45, 7) is 5.38. The fourth-order valence-electron chi connectivity index (χ4n) is 3.99. The number of nitrogens with two attached hydrogens (primary N) is 2. The third kappa shape index (κ3) is 6.72. The second-order valence-electron chi connectivity index (χ2n) is 8.99. The number of imidazole rings is 2. The molecule has 0 atom stereocenters. The minimum atomic E-state index is -0.667. The number of aromatic nitrogens is 7. The third-order valence-corrected chi connectivity index (χ3v) is 7.02. The van der Waals surface area contributed by atoms with Gasteiger partial charge in [-0.2, -0.15) is 0 Å². The third-order valence-electron chi connectivity index (χ3n) is 6.19. The van der Waals surface area contributed by atoms with Crippen molar-refractivity contribution in [3.05, 3.63) is 110 Å². The Bertz CT molecular complexity index is 2000. The van der Waals surface area contributed by atoms with Gasteiger partial charge in [0.05, 0.1) is 35.2 Å². The van der Waals surface area contributed by atoms with Crippen molar-refractivity contribution < 1.29 is 9.59 Å². The van der Waals surface area contributed by atoms with Crippen LogP contribution in [0.5, 0.6) is 0 Å². The van der Waals surface area contributed by atoms with E-state index in [2.05, 4.69) is 42.7 Å². The van der Waals surface area contributed by atoms with Crippen molar-refractivity contribution in [1.29, 1.82) is 0 Å². The molecule has 0 aliphatic rings. The first-order valence-corrected chi connectivity index (χ1v) is 13.7. The Kier molecular flexibility index (Phi) is 9.67. The molecule has 2 amide bonds. The van der Waals surface area contributed by atoms with Crippen molar-refractivity contribution >= 4 is 46.6 Å². The number of primary amides is 2. The predicted molar refractivity (Wildman–Crippen MR) is 167 cm³/mol. The highest BCUT2D eigenvalue weighted by Gasteiger charge is 2.19. The van der Waals surface area contributed by atoms with Crippen molar-refractivity contribution in [2.24, 2.45) is 11.5 Å². The predicted octanol–water partition coefficient (Wildman–Crippen LogP) is 4.39. The van der Waals surface area contributed by atoms with E-state index in [4.69, 9.17) is 52.7 Å². The molecule has 5 aromatic heterocycles. The van der Waals surface area contributed by atoms with Crippen LogP contribution < -0.4 is 11.5 Å². The van der Waals surface area contributed by atoms with Gasteiger partial charge in [0, 0.05) is 17.3 Å². The smallest absolute Gasteiger partial charge is 0.285 e. The molecule has 5 aromatic rings. The van der Waals surface area contributed by atoms with Crippen LogP contribution in [0, 0.1) is 45.0 Å². The molecular formula is C30H22Cl3N9O2. The van der Waals surface area contributed by atoms with Crippen LogP contribution in [0.3, 0.4) is 0 Å². The Morgan fingerprint density at radius 3 is 1.70 bits per heavy atom. The first kappa shape index (κ1) is 31.7. The van der Waals surface area contributed by atoms with E-state index in [1.54, 1.807) is 59.5 Å². The lowest BCUT2D eigenvalue weighted by Crippen LogP contribution is -2.18. The van der Waals surface area contributed by atoms with Gasteiger partial charge in [-0.1, -0.05) is 40.7 Å². The molecular weight excluding hydrogens is 625 g/mol. The number of carbonyl (C=O) groups excluding carboxylic acids is 2. The quantitative estimate of drug-likeness (QED) is 0.216.